The Labute approximate surface area is 193 Å². The molecule has 5 nitrogen and oxygen atoms in total. The minimum absolute atomic E-state index is 0.0382. The second-order valence-corrected chi connectivity index (χ2v) is 8.52. The second kappa shape index (κ2) is 8.20. The average Bonchev–Trinajstić information content (AvgIpc) is 3.31. The molecule has 1 aliphatic rings. The van der Waals surface area contributed by atoms with E-state index in [0.29, 0.717) is 5.11 Å². The van der Waals surface area contributed by atoms with Crippen LogP contribution in [0, 0.1) is 20.8 Å². The Balaban J connectivity index is 1.70. The van der Waals surface area contributed by atoms with Gasteiger partial charge in [0.05, 0.1) is 17.8 Å². The van der Waals surface area contributed by atoms with Gasteiger partial charge in [-0.25, -0.2) is 4.98 Å². The molecule has 1 fully saturated rings. The zero-order valence-electron chi connectivity index (χ0n) is 18.4. The Morgan fingerprint density at radius 2 is 1.62 bits per heavy atom. The number of hydrogen-bond donors (Lipinski definition) is 1. The third-order valence-corrected chi connectivity index (χ3v) is 6.43. The van der Waals surface area contributed by atoms with Gasteiger partial charge in [-0.1, -0.05) is 30.3 Å². The van der Waals surface area contributed by atoms with Gasteiger partial charge in [0.1, 0.15) is 5.82 Å². The lowest BCUT2D eigenvalue weighted by Crippen LogP contribution is -2.29. The zero-order valence-corrected chi connectivity index (χ0v) is 19.2. The van der Waals surface area contributed by atoms with Crippen molar-refractivity contribution in [1.82, 2.24) is 19.9 Å². The molecule has 0 saturated carbocycles. The second-order valence-electron chi connectivity index (χ2n) is 8.14. The van der Waals surface area contributed by atoms with Crippen molar-refractivity contribution < 1.29 is 0 Å². The van der Waals surface area contributed by atoms with Gasteiger partial charge in [0.15, 0.2) is 5.11 Å². The molecule has 4 aromatic rings. The highest BCUT2D eigenvalue weighted by atomic mass is 32.1. The number of benzene rings is 1. The maximum atomic E-state index is 5.84. The van der Waals surface area contributed by atoms with Gasteiger partial charge in [-0.2, -0.15) is 0 Å². The van der Waals surface area contributed by atoms with Crippen molar-refractivity contribution in [3.63, 3.8) is 0 Å². The molecule has 32 heavy (non-hydrogen) atoms. The van der Waals surface area contributed by atoms with Crippen molar-refractivity contribution in [3.8, 4) is 5.82 Å². The van der Waals surface area contributed by atoms with Crippen molar-refractivity contribution in [3.05, 3.63) is 107 Å². The van der Waals surface area contributed by atoms with Gasteiger partial charge in [0.25, 0.3) is 0 Å². The zero-order chi connectivity index (χ0) is 22.2. The van der Waals surface area contributed by atoms with Gasteiger partial charge in [-0.15, -0.1) is 0 Å². The molecule has 160 valence electrons. The molecule has 4 heterocycles. The van der Waals surface area contributed by atoms with Crippen LogP contribution < -0.4 is 10.2 Å². The number of anilines is 1. The largest absolute Gasteiger partial charge is 0.351 e. The Morgan fingerprint density at radius 1 is 0.875 bits per heavy atom. The summed E-state index contributed by atoms with van der Waals surface area (Å²) < 4.78 is 2.24. The lowest BCUT2D eigenvalue weighted by atomic mass is 9.96. The van der Waals surface area contributed by atoms with E-state index in [2.05, 4.69) is 75.9 Å². The molecule has 1 aromatic carbocycles. The first kappa shape index (κ1) is 20.4. The van der Waals surface area contributed by atoms with Crippen LogP contribution >= 0.6 is 12.2 Å². The molecular weight excluding hydrogens is 414 g/mol. The quantitative estimate of drug-likeness (QED) is 0.433. The first-order valence-electron chi connectivity index (χ1n) is 10.7. The molecule has 0 aliphatic carbocycles. The lowest BCUT2D eigenvalue weighted by Gasteiger charge is -2.28. The first-order valence-corrected chi connectivity index (χ1v) is 11.1. The molecule has 1 N–H and O–H groups in total. The molecule has 5 rings (SSSR count). The van der Waals surface area contributed by atoms with Gasteiger partial charge in [-0.05, 0) is 80.5 Å². The van der Waals surface area contributed by atoms with Crippen LogP contribution in [0.2, 0.25) is 0 Å². The molecule has 1 saturated heterocycles. The molecule has 0 radical (unpaired) electrons. The fourth-order valence-corrected chi connectivity index (χ4v) is 5.01. The number of aromatic nitrogens is 3. The van der Waals surface area contributed by atoms with Crippen molar-refractivity contribution in [2.24, 2.45) is 0 Å². The maximum absolute atomic E-state index is 5.84. The van der Waals surface area contributed by atoms with Crippen LogP contribution in [0.3, 0.4) is 0 Å². The minimum Gasteiger partial charge on any atom is -0.351 e. The summed E-state index contributed by atoms with van der Waals surface area (Å²) in [6.45, 7) is 6.39. The third kappa shape index (κ3) is 3.37. The molecule has 6 heteroatoms. The number of rotatable bonds is 4. The number of hydrogen-bond acceptors (Lipinski definition) is 3. The van der Waals surface area contributed by atoms with E-state index in [1.165, 1.54) is 5.56 Å². The van der Waals surface area contributed by atoms with E-state index in [-0.39, 0.29) is 12.1 Å². The Bertz CT molecular complexity index is 1270. The van der Waals surface area contributed by atoms with Crippen molar-refractivity contribution in [2.75, 3.05) is 4.90 Å². The van der Waals surface area contributed by atoms with E-state index in [9.17, 15) is 0 Å². The highest BCUT2D eigenvalue weighted by molar-refractivity contribution is 7.80. The van der Waals surface area contributed by atoms with Gasteiger partial charge >= 0.3 is 0 Å². The average molecular weight is 440 g/mol. The fraction of sp³-hybridized carbons (Fsp3) is 0.192. The standard InChI is InChI=1S/C26H25N5S/c1-17-10-9-15-28-25(17)30-18(2)16-21(19(30)3)24-23(22-13-7-8-14-27-22)29-26(32)31(24)20-11-5-4-6-12-20/h4-16,23-24H,1-3H3,(H,29,32)/t23-,24+/m1/s1. The number of nitrogens with one attached hydrogen (secondary N) is 1. The molecule has 0 unspecified atom stereocenters. The van der Waals surface area contributed by atoms with Crippen LogP contribution in [0.5, 0.6) is 0 Å². The number of aryl methyl sites for hydroxylation is 2. The maximum Gasteiger partial charge on any atom is 0.174 e. The number of thiocarbonyl (C=S) groups is 1. The number of nitrogens with zero attached hydrogens (tertiary/aromatic N) is 4. The topological polar surface area (TPSA) is 46.0 Å². The minimum atomic E-state index is -0.0670. The van der Waals surface area contributed by atoms with Crippen molar-refractivity contribution in [2.45, 2.75) is 32.9 Å². The molecule has 0 bridgehead atoms. The smallest absolute Gasteiger partial charge is 0.174 e. The third-order valence-electron chi connectivity index (χ3n) is 6.12. The van der Waals surface area contributed by atoms with E-state index >= 15 is 0 Å². The summed E-state index contributed by atoms with van der Waals surface area (Å²) in [5.74, 6) is 0.961. The molecular formula is C26H25N5S. The van der Waals surface area contributed by atoms with Crippen LogP contribution in [-0.4, -0.2) is 19.6 Å². The summed E-state index contributed by atoms with van der Waals surface area (Å²) in [5.41, 5.74) is 6.68. The van der Waals surface area contributed by atoms with Gasteiger partial charge in [0, 0.05) is 29.5 Å². The van der Waals surface area contributed by atoms with Crippen LogP contribution in [0.1, 0.15) is 40.3 Å². The van der Waals surface area contributed by atoms with E-state index in [0.717, 1.165) is 34.2 Å². The Hall–Kier alpha value is -3.51. The number of pyridine rings is 2. The van der Waals surface area contributed by atoms with Crippen molar-refractivity contribution >= 4 is 23.0 Å². The Kier molecular flexibility index (Phi) is 5.23. The monoisotopic (exact) mass is 439 g/mol. The summed E-state index contributed by atoms with van der Waals surface area (Å²) in [4.78, 5) is 11.6. The predicted molar refractivity (Wildman–Crippen MR) is 132 cm³/mol. The van der Waals surface area contributed by atoms with Crippen LogP contribution in [0.15, 0.2) is 79.1 Å². The molecule has 0 spiro atoms. The molecule has 0 amide bonds. The van der Waals surface area contributed by atoms with Crippen LogP contribution in [-0.2, 0) is 0 Å². The normalized spacial score (nSPS) is 18.1. The summed E-state index contributed by atoms with van der Waals surface area (Å²) in [6.07, 6.45) is 3.68. The SMILES string of the molecule is Cc1cccnc1-n1c(C)cc([C@H]2[C@@H](c3ccccn3)NC(=S)N2c2ccccc2)c1C. The molecule has 1 aliphatic heterocycles. The Morgan fingerprint density at radius 3 is 2.34 bits per heavy atom. The van der Waals surface area contributed by atoms with Gasteiger partial charge < -0.3 is 14.8 Å². The van der Waals surface area contributed by atoms with Gasteiger partial charge in [-0.3, -0.25) is 4.98 Å². The van der Waals surface area contributed by atoms with E-state index < -0.39 is 0 Å². The van der Waals surface area contributed by atoms with E-state index in [4.69, 9.17) is 12.2 Å². The fourth-order valence-electron chi connectivity index (χ4n) is 4.66. The predicted octanol–water partition coefficient (Wildman–Crippen LogP) is 5.37. The first-order chi connectivity index (χ1) is 15.6. The van der Waals surface area contributed by atoms with Crippen LogP contribution in [0.4, 0.5) is 5.69 Å². The highest BCUT2D eigenvalue weighted by Crippen LogP contribution is 2.43. The van der Waals surface area contributed by atoms with Crippen LogP contribution in [0.25, 0.3) is 5.82 Å². The van der Waals surface area contributed by atoms with Crippen molar-refractivity contribution in [1.29, 1.82) is 0 Å². The summed E-state index contributed by atoms with van der Waals surface area (Å²) >= 11 is 5.84. The molecule has 3 aromatic heterocycles. The summed E-state index contributed by atoms with van der Waals surface area (Å²) in [6, 6.07) is 22.6. The summed E-state index contributed by atoms with van der Waals surface area (Å²) in [5, 5.41) is 4.25. The van der Waals surface area contributed by atoms with E-state index in [1.807, 2.05) is 48.8 Å². The lowest BCUT2D eigenvalue weighted by molar-refractivity contribution is 0.565. The molecule has 2 atom stereocenters. The van der Waals surface area contributed by atoms with Gasteiger partial charge in [0.2, 0.25) is 0 Å². The number of para-hydroxylation sites is 1. The van der Waals surface area contributed by atoms with E-state index in [1.54, 1.807) is 0 Å². The highest BCUT2D eigenvalue weighted by Gasteiger charge is 2.42. The summed E-state index contributed by atoms with van der Waals surface area (Å²) in [7, 11) is 0.